The maximum atomic E-state index is 13.4. The van der Waals surface area contributed by atoms with Crippen LogP contribution in [-0.4, -0.2) is 27.9 Å². The summed E-state index contributed by atoms with van der Waals surface area (Å²) in [5, 5.41) is 0. The van der Waals surface area contributed by atoms with Gasteiger partial charge in [-0.3, -0.25) is 0 Å². The lowest BCUT2D eigenvalue weighted by atomic mass is 9.97. The topological polar surface area (TPSA) is 0 Å². The van der Waals surface area contributed by atoms with E-state index in [0.29, 0.717) is 12.8 Å². The highest BCUT2D eigenvalue weighted by molar-refractivity contribution is 14.1. The van der Waals surface area contributed by atoms with E-state index in [4.69, 9.17) is 0 Å². The van der Waals surface area contributed by atoms with E-state index in [1.165, 1.54) is 22.6 Å². The summed E-state index contributed by atoms with van der Waals surface area (Å²) < 4.78 is 113. The molecule has 0 spiro atoms. The second-order valence-electron chi connectivity index (χ2n) is 5.36. The third-order valence-electron chi connectivity index (χ3n) is 3.31. The molecule has 23 heavy (non-hydrogen) atoms. The molecule has 0 radical (unpaired) electrons. The highest BCUT2D eigenvalue weighted by Gasteiger charge is 2.81. The van der Waals surface area contributed by atoms with E-state index in [-0.39, 0.29) is 6.42 Å². The second kappa shape index (κ2) is 8.46. The van der Waals surface area contributed by atoms with E-state index in [1.807, 2.05) is 6.92 Å². The predicted octanol–water partition coefficient (Wildman–Crippen LogP) is 7.01. The van der Waals surface area contributed by atoms with E-state index >= 15 is 0 Å². The number of rotatable bonds is 10. The number of unbranched alkanes of at least 4 members (excludes halogenated alkanes) is 4. The van der Waals surface area contributed by atoms with E-state index in [2.05, 4.69) is 0 Å². The number of halogens is 10. The van der Waals surface area contributed by atoms with Crippen molar-refractivity contribution in [3.05, 3.63) is 0 Å². The standard InChI is InChI=1S/C13H18F9I/c1-2-3-4-5-6-7-9(23)8-10(14,15)11(16,17)12(18,19)13(20,21)22/h9H,2-8H2,1H3. The van der Waals surface area contributed by atoms with Crippen molar-refractivity contribution in [2.75, 3.05) is 0 Å². The van der Waals surface area contributed by atoms with Crippen LogP contribution in [0.25, 0.3) is 0 Å². The van der Waals surface area contributed by atoms with Gasteiger partial charge in [-0.05, 0) is 6.42 Å². The van der Waals surface area contributed by atoms with Crippen LogP contribution in [-0.2, 0) is 0 Å². The molecule has 0 aromatic rings. The molecular formula is C13H18F9I. The fourth-order valence-corrected chi connectivity index (χ4v) is 2.88. The van der Waals surface area contributed by atoms with Crippen LogP contribution in [0, 0.1) is 0 Å². The van der Waals surface area contributed by atoms with Gasteiger partial charge in [0, 0.05) is 10.3 Å². The summed E-state index contributed by atoms with van der Waals surface area (Å²) in [6, 6.07) is 0. The summed E-state index contributed by atoms with van der Waals surface area (Å²) in [6.07, 6.45) is -4.69. The molecule has 0 saturated heterocycles. The van der Waals surface area contributed by atoms with E-state index in [1.54, 1.807) is 0 Å². The highest BCUT2D eigenvalue weighted by Crippen LogP contribution is 2.54. The van der Waals surface area contributed by atoms with Crippen molar-refractivity contribution < 1.29 is 39.5 Å². The summed E-state index contributed by atoms with van der Waals surface area (Å²) in [5.41, 5.74) is 0. The summed E-state index contributed by atoms with van der Waals surface area (Å²) in [7, 11) is 0. The van der Waals surface area contributed by atoms with Gasteiger partial charge in [0.1, 0.15) is 0 Å². The highest BCUT2D eigenvalue weighted by atomic mass is 127. The molecule has 0 aliphatic carbocycles. The van der Waals surface area contributed by atoms with E-state index in [9.17, 15) is 39.5 Å². The van der Waals surface area contributed by atoms with Gasteiger partial charge in [0.05, 0.1) is 0 Å². The molecule has 0 aromatic carbocycles. The van der Waals surface area contributed by atoms with Gasteiger partial charge in [-0.25, -0.2) is 0 Å². The number of alkyl halides is 10. The average molecular weight is 472 g/mol. The van der Waals surface area contributed by atoms with Crippen molar-refractivity contribution in [1.82, 2.24) is 0 Å². The Hall–Kier alpha value is 0.1000. The first-order valence-electron chi connectivity index (χ1n) is 7.05. The molecule has 1 unspecified atom stereocenters. The molecule has 1 atom stereocenters. The summed E-state index contributed by atoms with van der Waals surface area (Å²) in [4.78, 5) is 0. The predicted molar refractivity (Wildman–Crippen MR) is 76.7 cm³/mol. The van der Waals surface area contributed by atoms with Gasteiger partial charge in [0.15, 0.2) is 0 Å². The monoisotopic (exact) mass is 472 g/mol. The molecule has 0 fully saturated rings. The van der Waals surface area contributed by atoms with E-state index in [0.717, 1.165) is 19.3 Å². The van der Waals surface area contributed by atoms with Crippen molar-refractivity contribution in [3.63, 3.8) is 0 Å². The zero-order chi connectivity index (χ0) is 18.5. The molecule has 0 amide bonds. The SMILES string of the molecule is CCCCCCCC(I)CC(F)(F)C(F)(F)C(F)(F)C(F)(F)F. The number of hydrogen-bond donors (Lipinski definition) is 0. The largest absolute Gasteiger partial charge is 0.460 e. The lowest BCUT2D eigenvalue weighted by Crippen LogP contribution is -2.61. The smallest absolute Gasteiger partial charge is 0.200 e. The van der Waals surface area contributed by atoms with Crippen LogP contribution in [0.1, 0.15) is 51.9 Å². The fraction of sp³-hybridized carbons (Fsp3) is 1.00. The van der Waals surface area contributed by atoms with Crippen molar-refractivity contribution in [2.24, 2.45) is 0 Å². The van der Waals surface area contributed by atoms with Gasteiger partial charge in [0.25, 0.3) is 0 Å². The maximum Gasteiger partial charge on any atom is 0.460 e. The van der Waals surface area contributed by atoms with Crippen LogP contribution >= 0.6 is 22.6 Å². The van der Waals surface area contributed by atoms with Crippen LogP contribution < -0.4 is 0 Å². The Kier molecular flexibility index (Phi) is 8.50. The Morgan fingerprint density at radius 3 is 1.65 bits per heavy atom. The van der Waals surface area contributed by atoms with Crippen molar-refractivity contribution in [1.29, 1.82) is 0 Å². The lowest BCUT2D eigenvalue weighted by molar-refractivity contribution is -0.396. The molecule has 0 aliphatic heterocycles. The Bertz CT molecular complexity index is 352. The van der Waals surface area contributed by atoms with Gasteiger partial charge in [-0.15, -0.1) is 0 Å². The first kappa shape index (κ1) is 23.1. The minimum absolute atomic E-state index is 0.0491. The molecular weight excluding hydrogens is 454 g/mol. The molecule has 0 aliphatic rings. The van der Waals surface area contributed by atoms with Crippen LogP contribution in [0.5, 0.6) is 0 Å². The van der Waals surface area contributed by atoms with Gasteiger partial charge < -0.3 is 0 Å². The van der Waals surface area contributed by atoms with Crippen LogP contribution in [0.3, 0.4) is 0 Å². The van der Waals surface area contributed by atoms with Crippen LogP contribution in [0.2, 0.25) is 0 Å². The molecule has 0 N–H and O–H groups in total. The zero-order valence-electron chi connectivity index (χ0n) is 12.3. The third kappa shape index (κ3) is 5.84. The molecule has 0 heterocycles. The van der Waals surface area contributed by atoms with Gasteiger partial charge in [-0.2, -0.15) is 39.5 Å². The summed E-state index contributed by atoms with van der Waals surface area (Å²) >= 11 is 1.38. The first-order valence-corrected chi connectivity index (χ1v) is 8.29. The molecule has 0 bridgehead atoms. The quantitative estimate of drug-likeness (QED) is 0.139. The molecule has 10 heteroatoms. The van der Waals surface area contributed by atoms with Crippen molar-refractivity contribution in [2.45, 2.75) is 79.7 Å². The molecule has 0 saturated carbocycles. The number of hydrogen-bond acceptors (Lipinski definition) is 0. The Morgan fingerprint density at radius 1 is 0.739 bits per heavy atom. The van der Waals surface area contributed by atoms with Crippen molar-refractivity contribution >= 4 is 22.6 Å². The second-order valence-corrected chi connectivity index (χ2v) is 7.12. The minimum Gasteiger partial charge on any atom is -0.200 e. The lowest BCUT2D eigenvalue weighted by Gasteiger charge is -2.34. The minimum atomic E-state index is -6.79. The molecule has 0 nitrogen and oxygen atoms in total. The maximum absolute atomic E-state index is 13.4. The molecule has 140 valence electrons. The fourth-order valence-electron chi connectivity index (χ4n) is 1.89. The Labute approximate surface area is 142 Å². The van der Waals surface area contributed by atoms with Crippen molar-refractivity contribution in [3.8, 4) is 0 Å². The van der Waals surface area contributed by atoms with Gasteiger partial charge >= 0.3 is 23.9 Å². The van der Waals surface area contributed by atoms with Gasteiger partial charge in [-0.1, -0.05) is 61.6 Å². The normalized spacial score (nSPS) is 15.8. The van der Waals surface area contributed by atoms with Gasteiger partial charge in [0.2, 0.25) is 0 Å². The molecule has 0 aromatic heterocycles. The summed E-state index contributed by atoms with van der Waals surface area (Å²) in [6.45, 7) is 1.95. The zero-order valence-corrected chi connectivity index (χ0v) is 14.5. The average Bonchev–Trinajstić information content (AvgIpc) is 2.36. The Morgan fingerprint density at radius 2 is 1.22 bits per heavy atom. The molecule has 0 rings (SSSR count). The Balaban J connectivity index is 4.78. The third-order valence-corrected chi connectivity index (χ3v) is 4.37. The first-order chi connectivity index (χ1) is 10.2. The summed E-state index contributed by atoms with van der Waals surface area (Å²) in [5.74, 6) is -18.7. The van der Waals surface area contributed by atoms with Crippen LogP contribution in [0.15, 0.2) is 0 Å². The van der Waals surface area contributed by atoms with Crippen LogP contribution in [0.4, 0.5) is 39.5 Å². The van der Waals surface area contributed by atoms with E-state index < -0.39 is 34.3 Å².